The van der Waals surface area contributed by atoms with E-state index in [0.29, 0.717) is 13.0 Å². The normalized spacial score (nSPS) is 15.6. The molecule has 0 radical (unpaired) electrons. The molecule has 0 saturated heterocycles. The molecule has 0 saturated carbocycles. The molecule has 0 fully saturated rings. The summed E-state index contributed by atoms with van der Waals surface area (Å²) in [7, 11) is 1.62. The third-order valence-corrected chi connectivity index (χ3v) is 4.20. The lowest BCUT2D eigenvalue weighted by Crippen LogP contribution is -2.41. The number of halogens is 1. The first kappa shape index (κ1) is 13.2. The van der Waals surface area contributed by atoms with E-state index in [1.54, 1.807) is 18.4 Å². The van der Waals surface area contributed by atoms with Crippen molar-refractivity contribution in [3.8, 4) is 0 Å². The van der Waals surface area contributed by atoms with Gasteiger partial charge in [0.2, 0.25) is 0 Å². The third kappa shape index (κ3) is 3.55. The van der Waals surface area contributed by atoms with Crippen LogP contribution in [0.2, 0.25) is 0 Å². The first-order valence-corrected chi connectivity index (χ1v) is 6.54. The summed E-state index contributed by atoms with van der Waals surface area (Å²) in [6, 6.07) is 4.05. The van der Waals surface area contributed by atoms with Crippen LogP contribution in [-0.2, 0) is 11.2 Å². The van der Waals surface area contributed by atoms with E-state index < -0.39 is 5.60 Å². The molecular weight excluding hydrogens is 276 g/mol. The van der Waals surface area contributed by atoms with E-state index in [0.717, 1.165) is 3.79 Å². The zero-order valence-electron chi connectivity index (χ0n) is 9.29. The highest BCUT2D eigenvalue weighted by molar-refractivity contribution is 9.11. The highest BCUT2D eigenvalue weighted by Gasteiger charge is 2.31. The molecule has 1 aromatic heterocycles. The molecule has 0 spiro atoms. The second-order valence-electron chi connectivity index (χ2n) is 4.07. The molecule has 1 aromatic rings. The summed E-state index contributed by atoms with van der Waals surface area (Å²) in [5.41, 5.74) is -0.765. The lowest BCUT2D eigenvalue weighted by molar-refractivity contribution is -0.0632. The van der Waals surface area contributed by atoms with Crippen LogP contribution in [0.25, 0.3) is 0 Å². The van der Waals surface area contributed by atoms with Crippen LogP contribution >= 0.6 is 27.3 Å². The van der Waals surface area contributed by atoms with Gasteiger partial charge in [-0.1, -0.05) is 13.8 Å². The number of methoxy groups -OCH3 is 1. The molecule has 1 N–H and O–H groups in total. The smallest absolute Gasteiger partial charge is 0.0950 e. The second-order valence-corrected chi connectivity index (χ2v) is 6.62. The van der Waals surface area contributed by atoms with Crippen molar-refractivity contribution >= 4 is 27.3 Å². The van der Waals surface area contributed by atoms with Crippen molar-refractivity contribution in [2.75, 3.05) is 13.7 Å². The van der Waals surface area contributed by atoms with Gasteiger partial charge >= 0.3 is 0 Å². The Bertz CT molecular complexity index is 311. The van der Waals surface area contributed by atoms with E-state index >= 15 is 0 Å². The molecule has 2 nitrogen and oxygen atoms in total. The fourth-order valence-corrected chi connectivity index (χ4v) is 3.02. The molecule has 15 heavy (non-hydrogen) atoms. The summed E-state index contributed by atoms with van der Waals surface area (Å²) in [6.07, 6.45) is 0.648. The Balaban J connectivity index is 2.74. The monoisotopic (exact) mass is 292 g/mol. The van der Waals surface area contributed by atoms with Gasteiger partial charge in [-0.2, -0.15) is 0 Å². The quantitative estimate of drug-likeness (QED) is 0.904. The fourth-order valence-electron chi connectivity index (χ4n) is 1.42. The van der Waals surface area contributed by atoms with Gasteiger partial charge in [0.05, 0.1) is 16.0 Å². The van der Waals surface area contributed by atoms with Crippen molar-refractivity contribution in [3.05, 3.63) is 20.8 Å². The van der Waals surface area contributed by atoms with E-state index in [9.17, 15) is 5.11 Å². The summed E-state index contributed by atoms with van der Waals surface area (Å²) >= 11 is 5.08. The lowest BCUT2D eigenvalue weighted by atomic mass is 9.87. The topological polar surface area (TPSA) is 29.5 Å². The van der Waals surface area contributed by atoms with E-state index in [-0.39, 0.29) is 5.92 Å². The van der Waals surface area contributed by atoms with Gasteiger partial charge in [0.15, 0.2) is 0 Å². The molecule has 86 valence electrons. The van der Waals surface area contributed by atoms with E-state index in [4.69, 9.17) is 4.74 Å². The van der Waals surface area contributed by atoms with E-state index in [2.05, 4.69) is 15.9 Å². The maximum absolute atomic E-state index is 10.4. The van der Waals surface area contributed by atoms with Crippen LogP contribution in [-0.4, -0.2) is 24.4 Å². The van der Waals surface area contributed by atoms with E-state index in [1.165, 1.54) is 4.88 Å². The molecule has 1 unspecified atom stereocenters. The van der Waals surface area contributed by atoms with Crippen molar-refractivity contribution in [3.63, 3.8) is 0 Å². The van der Waals surface area contributed by atoms with Crippen molar-refractivity contribution in [2.24, 2.45) is 5.92 Å². The summed E-state index contributed by atoms with van der Waals surface area (Å²) in [6.45, 7) is 4.41. The molecule has 4 heteroatoms. The zero-order valence-corrected chi connectivity index (χ0v) is 11.7. The fraction of sp³-hybridized carbons (Fsp3) is 0.636. The van der Waals surface area contributed by atoms with Crippen LogP contribution in [0.5, 0.6) is 0 Å². The molecule has 0 aliphatic carbocycles. The lowest BCUT2D eigenvalue weighted by Gasteiger charge is -2.31. The molecule has 0 amide bonds. The first-order chi connectivity index (χ1) is 6.98. The van der Waals surface area contributed by atoms with Crippen molar-refractivity contribution < 1.29 is 9.84 Å². The van der Waals surface area contributed by atoms with Crippen molar-refractivity contribution in [1.82, 2.24) is 0 Å². The first-order valence-electron chi connectivity index (χ1n) is 4.93. The number of hydrogen-bond acceptors (Lipinski definition) is 3. The van der Waals surface area contributed by atoms with Crippen molar-refractivity contribution in [2.45, 2.75) is 25.9 Å². The average Bonchev–Trinajstić information content (AvgIpc) is 2.51. The minimum Gasteiger partial charge on any atom is -0.387 e. The number of hydrogen-bond donors (Lipinski definition) is 1. The van der Waals surface area contributed by atoms with Crippen LogP contribution < -0.4 is 0 Å². The highest BCUT2D eigenvalue weighted by atomic mass is 79.9. The molecule has 1 atom stereocenters. The summed E-state index contributed by atoms with van der Waals surface area (Å²) in [4.78, 5) is 1.18. The van der Waals surface area contributed by atoms with Gasteiger partial charge < -0.3 is 9.84 Å². The molecular formula is C11H17BrO2S. The zero-order chi connectivity index (χ0) is 11.5. The number of rotatable bonds is 5. The molecule has 1 heterocycles. The Labute approximate surface area is 103 Å². The van der Waals surface area contributed by atoms with Gasteiger partial charge in [-0.25, -0.2) is 0 Å². The van der Waals surface area contributed by atoms with Gasteiger partial charge in [0.1, 0.15) is 0 Å². The van der Waals surface area contributed by atoms with Crippen LogP contribution in [0.4, 0.5) is 0 Å². The van der Waals surface area contributed by atoms with Crippen LogP contribution in [0.15, 0.2) is 15.9 Å². The van der Waals surface area contributed by atoms with Gasteiger partial charge in [-0.05, 0) is 34.0 Å². The molecule has 0 aromatic carbocycles. The average molecular weight is 293 g/mol. The van der Waals surface area contributed by atoms with Crippen LogP contribution in [0, 0.1) is 5.92 Å². The molecule has 1 rings (SSSR count). The van der Waals surface area contributed by atoms with Crippen LogP contribution in [0.3, 0.4) is 0 Å². The highest BCUT2D eigenvalue weighted by Crippen LogP contribution is 2.29. The predicted octanol–water partition coefficient (Wildman–Crippen LogP) is 3.09. The standard InChI is InChI=1S/C11H17BrO2S/c1-8(2)11(13,7-14-3)6-9-4-5-10(12)15-9/h4-5,8,13H,6-7H2,1-3H3. The molecule has 0 aliphatic heterocycles. The number of thiophene rings is 1. The number of aliphatic hydroxyl groups is 1. The largest absolute Gasteiger partial charge is 0.387 e. The Hall–Kier alpha value is 0.1000. The van der Waals surface area contributed by atoms with Crippen molar-refractivity contribution in [1.29, 1.82) is 0 Å². The summed E-state index contributed by atoms with van der Waals surface area (Å²) in [5.74, 6) is 0.179. The van der Waals surface area contributed by atoms with Gasteiger partial charge in [-0.3, -0.25) is 0 Å². The Kier molecular flexibility index (Phi) is 4.77. The maximum Gasteiger partial charge on any atom is 0.0950 e. The summed E-state index contributed by atoms with van der Waals surface area (Å²) in [5, 5.41) is 10.4. The maximum atomic E-state index is 10.4. The second kappa shape index (κ2) is 5.43. The molecule has 0 aliphatic rings. The number of ether oxygens (including phenoxy) is 1. The Morgan fingerprint density at radius 2 is 2.20 bits per heavy atom. The predicted molar refractivity (Wildman–Crippen MR) is 67.4 cm³/mol. The minimum atomic E-state index is -0.765. The third-order valence-electron chi connectivity index (χ3n) is 2.58. The van der Waals surface area contributed by atoms with Gasteiger partial charge in [0.25, 0.3) is 0 Å². The minimum absolute atomic E-state index is 0.179. The van der Waals surface area contributed by atoms with Crippen LogP contribution in [0.1, 0.15) is 18.7 Å². The Morgan fingerprint density at radius 1 is 1.53 bits per heavy atom. The van der Waals surface area contributed by atoms with Gasteiger partial charge in [0, 0.05) is 18.4 Å². The summed E-state index contributed by atoms with van der Waals surface area (Å²) < 4.78 is 6.19. The molecule has 0 bridgehead atoms. The van der Waals surface area contributed by atoms with E-state index in [1.807, 2.05) is 26.0 Å². The SMILES string of the molecule is COCC(O)(Cc1ccc(Br)s1)C(C)C. The van der Waals surface area contributed by atoms with Gasteiger partial charge in [-0.15, -0.1) is 11.3 Å². The Morgan fingerprint density at radius 3 is 2.60 bits per heavy atom.